The maximum absolute atomic E-state index is 12.4. The average molecular weight is 315 g/mol. The van der Waals surface area contributed by atoms with Crippen molar-refractivity contribution in [3.8, 4) is 17.2 Å². The third-order valence-electron chi connectivity index (χ3n) is 3.55. The summed E-state index contributed by atoms with van der Waals surface area (Å²) in [5, 5.41) is 2.86. The summed E-state index contributed by atoms with van der Waals surface area (Å²) in [5.74, 6) is 1.10. The van der Waals surface area contributed by atoms with Crippen LogP contribution in [-0.2, 0) is 6.42 Å². The molecule has 0 aromatic heterocycles. The van der Waals surface area contributed by atoms with Gasteiger partial charge in [-0.3, -0.25) is 4.79 Å². The summed E-state index contributed by atoms with van der Waals surface area (Å²) < 4.78 is 15.8. The van der Waals surface area contributed by atoms with E-state index in [1.807, 2.05) is 24.3 Å². The van der Waals surface area contributed by atoms with Gasteiger partial charge in [0.05, 0.1) is 21.3 Å². The second kappa shape index (κ2) is 7.54. The first-order valence-corrected chi connectivity index (χ1v) is 7.33. The smallest absolute Gasteiger partial charge is 0.255 e. The number of hydrogen-bond acceptors (Lipinski definition) is 4. The molecule has 0 fully saturated rings. The summed E-state index contributed by atoms with van der Waals surface area (Å²) in [6, 6.07) is 11.0. The van der Waals surface area contributed by atoms with Gasteiger partial charge in [0.2, 0.25) is 5.75 Å². The normalized spacial score (nSPS) is 10.1. The topological polar surface area (TPSA) is 56.8 Å². The molecule has 0 saturated carbocycles. The molecule has 0 atom stereocenters. The van der Waals surface area contributed by atoms with Crippen LogP contribution in [0.25, 0.3) is 0 Å². The Morgan fingerprint density at radius 2 is 1.52 bits per heavy atom. The molecule has 0 saturated heterocycles. The highest BCUT2D eigenvalue weighted by atomic mass is 16.5. The molecule has 122 valence electrons. The number of anilines is 1. The van der Waals surface area contributed by atoms with Gasteiger partial charge < -0.3 is 19.5 Å². The molecule has 2 aromatic rings. The van der Waals surface area contributed by atoms with Crippen molar-refractivity contribution in [2.24, 2.45) is 0 Å². The number of carbonyl (C=O) groups is 1. The van der Waals surface area contributed by atoms with Gasteiger partial charge in [0.1, 0.15) is 0 Å². The first-order chi connectivity index (χ1) is 11.1. The van der Waals surface area contributed by atoms with Crippen LogP contribution in [0.5, 0.6) is 17.2 Å². The Morgan fingerprint density at radius 1 is 0.957 bits per heavy atom. The zero-order valence-corrected chi connectivity index (χ0v) is 13.8. The molecular weight excluding hydrogens is 294 g/mol. The van der Waals surface area contributed by atoms with Crippen LogP contribution in [0.1, 0.15) is 22.8 Å². The fourth-order valence-corrected chi connectivity index (χ4v) is 2.24. The van der Waals surface area contributed by atoms with E-state index < -0.39 is 0 Å². The van der Waals surface area contributed by atoms with Gasteiger partial charge in [-0.05, 0) is 36.2 Å². The minimum atomic E-state index is -0.242. The van der Waals surface area contributed by atoms with Crippen molar-refractivity contribution >= 4 is 11.6 Å². The van der Waals surface area contributed by atoms with Gasteiger partial charge in [-0.1, -0.05) is 19.1 Å². The molecule has 1 N–H and O–H groups in total. The van der Waals surface area contributed by atoms with E-state index in [2.05, 4.69) is 12.2 Å². The van der Waals surface area contributed by atoms with Gasteiger partial charge in [0, 0.05) is 11.3 Å². The molecule has 2 aromatic carbocycles. The molecule has 5 heteroatoms. The number of aryl methyl sites for hydroxylation is 1. The lowest BCUT2D eigenvalue weighted by molar-refractivity contribution is 0.102. The first kappa shape index (κ1) is 16.7. The van der Waals surface area contributed by atoms with Gasteiger partial charge in [-0.25, -0.2) is 0 Å². The summed E-state index contributed by atoms with van der Waals surface area (Å²) in [7, 11) is 4.56. The number of hydrogen-bond donors (Lipinski definition) is 1. The largest absolute Gasteiger partial charge is 0.493 e. The Labute approximate surface area is 136 Å². The predicted octanol–water partition coefficient (Wildman–Crippen LogP) is 3.53. The van der Waals surface area contributed by atoms with E-state index in [1.165, 1.54) is 26.9 Å². The Bertz CT molecular complexity index is 655. The van der Waals surface area contributed by atoms with Crippen LogP contribution in [0.3, 0.4) is 0 Å². The molecule has 0 aliphatic heterocycles. The zero-order valence-electron chi connectivity index (χ0n) is 13.8. The number of ether oxygens (including phenoxy) is 3. The average Bonchev–Trinajstić information content (AvgIpc) is 2.60. The van der Waals surface area contributed by atoms with Crippen LogP contribution < -0.4 is 19.5 Å². The van der Waals surface area contributed by atoms with Crippen molar-refractivity contribution < 1.29 is 19.0 Å². The number of carbonyl (C=O) groups excluding carboxylic acids is 1. The molecule has 23 heavy (non-hydrogen) atoms. The lowest BCUT2D eigenvalue weighted by Crippen LogP contribution is -2.12. The molecule has 0 aliphatic rings. The quantitative estimate of drug-likeness (QED) is 0.886. The zero-order chi connectivity index (χ0) is 16.8. The lowest BCUT2D eigenvalue weighted by Gasteiger charge is -2.14. The monoisotopic (exact) mass is 315 g/mol. The Kier molecular flexibility index (Phi) is 5.46. The van der Waals surface area contributed by atoms with Gasteiger partial charge in [-0.2, -0.15) is 0 Å². The lowest BCUT2D eigenvalue weighted by atomic mass is 10.1. The first-order valence-electron chi connectivity index (χ1n) is 7.33. The molecule has 0 unspecified atom stereocenters. The Balaban J connectivity index is 2.27. The summed E-state index contributed by atoms with van der Waals surface area (Å²) in [6.45, 7) is 2.09. The van der Waals surface area contributed by atoms with E-state index in [1.54, 1.807) is 12.1 Å². The van der Waals surface area contributed by atoms with Crippen molar-refractivity contribution in [1.29, 1.82) is 0 Å². The van der Waals surface area contributed by atoms with Gasteiger partial charge >= 0.3 is 0 Å². The van der Waals surface area contributed by atoms with E-state index in [-0.39, 0.29) is 5.91 Å². The second-order valence-corrected chi connectivity index (χ2v) is 4.92. The van der Waals surface area contributed by atoms with Crippen LogP contribution in [0.15, 0.2) is 36.4 Å². The molecule has 0 aliphatic carbocycles. The highest BCUT2D eigenvalue weighted by Gasteiger charge is 2.17. The molecule has 2 rings (SSSR count). The SMILES string of the molecule is CCc1ccc(NC(=O)c2cc(OC)c(OC)c(OC)c2)cc1. The molecular formula is C18H21NO4. The molecule has 0 heterocycles. The number of benzene rings is 2. The highest BCUT2D eigenvalue weighted by Crippen LogP contribution is 2.38. The van der Waals surface area contributed by atoms with Gasteiger partial charge in [0.25, 0.3) is 5.91 Å². The van der Waals surface area contributed by atoms with Gasteiger partial charge in [0.15, 0.2) is 11.5 Å². The van der Waals surface area contributed by atoms with Crippen LogP contribution in [0.2, 0.25) is 0 Å². The van der Waals surface area contributed by atoms with Crippen LogP contribution in [0.4, 0.5) is 5.69 Å². The third kappa shape index (κ3) is 3.74. The highest BCUT2D eigenvalue weighted by molar-refractivity contribution is 6.05. The van der Waals surface area contributed by atoms with E-state index in [4.69, 9.17) is 14.2 Å². The van der Waals surface area contributed by atoms with Crippen LogP contribution >= 0.6 is 0 Å². The number of amides is 1. The molecule has 0 radical (unpaired) electrons. The van der Waals surface area contributed by atoms with Crippen LogP contribution in [-0.4, -0.2) is 27.2 Å². The fraction of sp³-hybridized carbons (Fsp3) is 0.278. The van der Waals surface area contributed by atoms with E-state index in [0.717, 1.165) is 12.1 Å². The third-order valence-corrected chi connectivity index (χ3v) is 3.55. The molecule has 1 amide bonds. The molecule has 0 bridgehead atoms. The summed E-state index contributed by atoms with van der Waals surface area (Å²) in [4.78, 5) is 12.4. The maximum Gasteiger partial charge on any atom is 0.255 e. The Morgan fingerprint density at radius 3 is 1.96 bits per heavy atom. The summed E-state index contributed by atoms with van der Waals surface area (Å²) >= 11 is 0. The second-order valence-electron chi connectivity index (χ2n) is 4.92. The predicted molar refractivity (Wildman–Crippen MR) is 89.9 cm³/mol. The minimum Gasteiger partial charge on any atom is -0.493 e. The molecule has 5 nitrogen and oxygen atoms in total. The van der Waals surface area contributed by atoms with Crippen LogP contribution in [0, 0.1) is 0 Å². The van der Waals surface area contributed by atoms with Crippen molar-refractivity contribution in [2.75, 3.05) is 26.6 Å². The Hall–Kier alpha value is -2.69. The number of nitrogens with one attached hydrogen (secondary N) is 1. The number of methoxy groups -OCH3 is 3. The minimum absolute atomic E-state index is 0.242. The van der Waals surface area contributed by atoms with E-state index in [0.29, 0.717) is 22.8 Å². The van der Waals surface area contributed by atoms with Gasteiger partial charge in [-0.15, -0.1) is 0 Å². The summed E-state index contributed by atoms with van der Waals surface area (Å²) in [5.41, 5.74) is 2.39. The van der Waals surface area contributed by atoms with Crippen molar-refractivity contribution in [2.45, 2.75) is 13.3 Å². The van der Waals surface area contributed by atoms with E-state index in [9.17, 15) is 4.79 Å². The van der Waals surface area contributed by atoms with Crippen molar-refractivity contribution in [1.82, 2.24) is 0 Å². The van der Waals surface area contributed by atoms with E-state index >= 15 is 0 Å². The molecule has 0 spiro atoms. The standard InChI is InChI=1S/C18H21NO4/c1-5-12-6-8-14(9-7-12)19-18(20)13-10-15(21-2)17(23-4)16(11-13)22-3/h6-11H,5H2,1-4H3,(H,19,20). The maximum atomic E-state index is 12.4. The number of rotatable bonds is 6. The van der Waals surface area contributed by atoms with Crippen molar-refractivity contribution in [3.05, 3.63) is 47.5 Å². The fourth-order valence-electron chi connectivity index (χ4n) is 2.24. The van der Waals surface area contributed by atoms with Crippen molar-refractivity contribution in [3.63, 3.8) is 0 Å². The summed E-state index contributed by atoms with van der Waals surface area (Å²) in [6.07, 6.45) is 0.959.